The molecular weight excluding hydrogens is 332 g/mol. The van der Waals surface area contributed by atoms with E-state index in [2.05, 4.69) is 13.8 Å². The Hall–Kier alpha value is -0.980. The molecule has 1 aromatic carbocycles. The van der Waals surface area contributed by atoms with Gasteiger partial charge < -0.3 is 24.1 Å². The highest BCUT2D eigenvalue weighted by Crippen LogP contribution is 2.25. The first-order chi connectivity index (χ1) is 12.8. The lowest BCUT2D eigenvalue weighted by molar-refractivity contribution is -0.239. The molecule has 0 aliphatic carbocycles. The smallest absolute Gasteiger partial charge is 0.115 e. The monoisotopic (exact) mass is 366 g/mol. The first kappa shape index (κ1) is 21.3. The molecule has 0 amide bonds. The van der Waals surface area contributed by atoms with Crippen LogP contribution in [0.5, 0.6) is 0 Å². The second kappa shape index (κ2) is 12.4. The molecule has 1 fully saturated rings. The molecule has 2 rings (SSSR count). The van der Waals surface area contributed by atoms with Crippen LogP contribution in [-0.2, 0) is 25.6 Å². The van der Waals surface area contributed by atoms with Crippen LogP contribution in [0.3, 0.4) is 0 Å². The summed E-state index contributed by atoms with van der Waals surface area (Å²) in [5, 5.41) is 9.75. The number of hydrogen-bond donors (Lipinski definition) is 1. The van der Waals surface area contributed by atoms with E-state index >= 15 is 0 Å². The number of aliphatic hydroxyl groups is 1. The summed E-state index contributed by atoms with van der Waals surface area (Å²) in [6.07, 6.45) is 3.03. The summed E-state index contributed by atoms with van der Waals surface area (Å²) in [6, 6.07) is 10.0. The van der Waals surface area contributed by atoms with Crippen molar-refractivity contribution in [2.45, 2.75) is 70.6 Å². The summed E-state index contributed by atoms with van der Waals surface area (Å²) < 4.78 is 24.2. The van der Waals surface area contributed by atoms with Crippen molar-refractivity contribution in [1.29, 1.82) is 0 Å². The van der Waals surface area contributed by atoms with Gasteiger partial charge in [0.25, 0.3) is 0 Å². The molecule has 1 aromatic rings. The molecular formula is C21H34O5. The Morgan fingerprint density at radius 2 is 1.65 bits per heavy atom. The van der Waals surface area contributed by atoms with Gasteiger partial charge in [-0.15, -0.1) is 0 Å². The molecule has 1 aliphatic rings. The molecule has 5 nitrogen and oxygen atoms in total. The molecule has 0 unspecified atom stereocenters. The SMILES string of the molecule is CCCCO[C@H]1[C@H](OCc2ccccc2)[C@@H](CO)OC[C@@H]1OCCCC. The van der Waals surface area contributed by atoms with Gasteiger partial charge >= 0.3 is 0 Å². The maximum absolute atomic E-state index is 9.75. The van der Waals surface area contributed by atoms with E-state index in [1.165, 1.54) is 0 Å². The van der Waals surface area contributed by atoms with Gasteiger partial charge in [-0.1, -0.05) is 57.0 Å². The normalized spacial score (nSPS) is 26.1. The van der Waals surface area contributed by atoms with Gasteiger partial charge in [0.15, 0.2) is 0 Å². The second-order valence-corrected chi connectivity index (χ2v) is 6.77. The molecule has 148 valence electrons. The summed E-state index contributed by atoms with van der Waals surface area (Å²) in [7, 11) is 0. The van der Waals surface area contributed by atoms with Gasteiger partial charge in [0.2, 0.25) is 0 Å². The Morgan fingerprint density at radius 1 is 0.962 bits per heavy atom. The zero-order chi connectivity index (χ0) is 18.6. The van der Waals surface area contributed by atoms with Crippen LogP contribution < -0.4 is 0 Å². The lowest BCUT2D eigenvalue weighted by Crippen LogP contribution is -2.57. The highest BCUT2D eigenvalue weighted by molar-refractivity contribution is 5.13. The van der Waals surface area contributed by atoms with E-state index in [-0.39, 0.29) is 24.9 Å². The Labute approximate surface area is 157 Å². The van der Waals surface area contributed by atoms with Crippen LogP contribution in [0.1, 0.15) is 45.1 Å². The number of rotatable bonds is 12. The van der Waals surface area contributed by atoms with Crippen molar-refractivity contribution in [3.8, 4) is 0 Å². The van der Waals surface area contributed by atoms with Crippen LogP contribution >= 0.6 is 0 Å². The highest BCUT2D eigenvalue weighted by Gasteiger charge is 2.42. The number of benzene rings is 1. The minimum absolute atomic E-state index is 0.0885. The molecule has 0 spiro atoms. The fraction of sp³-hybridized carbons (Fsp3) is 0.714. The average molecular weight is 366 g/mol. The van der Waals surface area contributed by atoms with Crippen LogP contribution in [0.15, 0.2) is 30.3 Å². The molecule has 1 aliphatic heterocycles. The van der Waals surface area contributed by atoms with Crippen molar-refractivity contribution in [3.05, 3.63) is 35.9 Å². The van der Waals surface area contributed by atoms with E-state index < -0.39 is 6.10 Å². The number of hydrogen-bond acceptors (Lipinski definition) is 5. The molecule has 0 bridgehead atoms. The minimum atomic E-state index is -0.392. The fourth-order valence-corrected chi connectivity index (χ4v) is 3.04. The van der Waals surface area contributed by atoms with E-state index in [1.807, 2.05) is 30.3 Å². The van der Waals surface area contributed by atoms with Crippen LogP contribution in [-0.4, -0.2) is 55.9 Å². The predicted octanol–water partition coefficient (Wildman–Crippen LogP) is 3.33. The topological polar surface area (TPSA) is 57.2 Å². The second-order valence-electron chi connectivity index (χ2n) is 6.77. The highest BCUT2D eigenvalue weighted by atomic mass is 16.6. The van der Waals surface area contributed by atoms with Crippen molar-refractivity contribution in [3.63, 3.8) is 0 Å². The van der Waals surface area contributed by atoms with Crippen LogP contribution in [0, 0.1) is 0 Å². The van der Waals surface area contributed by atoms with Crippen molar-refractivity contribution in [1.82, 2.24) is 0 Å². The molecule has 5 heteroatoms. The minimum Gasteiger partial charge on any atom is -0.394 e. The number of ether oxygens (including phenoxy) is 4. The van der Waals surface area contributed by atoms with E-state index in [1.54, 1.807) is 0 Å². The van der Waals surface area contributed by atoms with Gasteiger partial charge in [-0.05, 0) is 18.4 Å². The Bertz CT molecular complexity index is 465. The van der Waals surface area contributed by atoms with Gasteiger partial charge in [0.05, 0.1) is 19.8 Å². The third-order valence-corrected chi connectivity index (χ3v) is 4.63. The molecule has 26 heavy (non-hydrogen) atoms. The van der Waals surface area contributed by atoms with Gasteiger partial charge in [-0.2, -0.15) is 0 Å². The summed E-state index contributed by atoms with van der Waals surface area (Å²) in [5.41, 5.74) is 1.09. The van der Waals surface area contributed by atoms with E-state index in [4.69, 9.17) is 18.9 Å². The molecule has 1 saturated heterocycles. The van der Waals surface area contributed by atoms with E-state index in [0.717, 1.165) is 31.2 Å². The van der Waals surface area contributed by atoms with Gasteiger partial charge in [0.1, 0.15) is 24.4 Å². The predicted molar refractivity (Wildman–Crippen MR) is 101 cm³/mol. The van der Waals surface area contributed by atoms with Gasteiger partial charge in [-0.3, -0.25) is 0 Å². The maximum Gasteiger partial charge on any atom is 0.115 e. The summed E-state index contributed by atoms with van der Waals surface area (Å²) in [4.78, 5) is 0. The average Bonchev–Trinajstić information content (AvgIpc) is 2.68. The number of aliphatic hydroxyl groups excluding tert-OH is 1. The van der Waals surface area contributed by atoms with Crippen molar-refractivity contribution in [2.75, 3.05) is 26.4 Å². The Kier molecular flexibility index (Phi) is 10.2. The zero-order valence-electron chi connectivity index (χ0n) is 16.1. The van der Waals surface area contributed by atoms with Crippen molar-refractivity contribution < 1.29 is 24.1 Å². The first-order valence-electron chi connectivity index (χ1n) is 9.91. The van der Waals surface area contributed by atoms with Crippen molar-refractivity contribution in [2.24, 2.45) is 0 Å². The summed E-state index contributed by atoms with van der Waals surface area (Å²) in [6.45, 7) is 6.43. The van der Waals surface area contributed by atoms with Crippen LogP contribution in [0.4, 0.5) is 0 Å². The van der Waals surface area contributed by atoms with Crippen molar-refractivity contribution >= 4 is 0 Å². The lowest BCUT2D eigenvalue weighted by atomic mass is 9.99. The molecule has 0 radical (unpaired) electrons. The van der Waals surface area contributed by atoms with Crippen LogP contribution in [0.25, 0.3) is 0 Å². The first-order valence-corrected chi connectivity index (χ1v) is 9.91. The van der Waals surface area contributed by atoms with E-state index in [0.29, 0.717) is 26.4 Å². The molecule has 4 atom stereocenters. The van der Waals surface area contributed by atoms with Gasteiger partial charge in [0, 0.05) is 13.2 Å². The third kappa shape index (κ3) is 6.63. The molecule has 0 saturated carbocycles. The Balaban J connectivity index is 2.04. The fourth-order valence-electron chi connectivity index (χ4n) is 3.04. The molecule has 1 heterocycles. The maximum atomic E-state index is 9.75. The summed E-state index contributed by atoms with van der Waals surface area (Å²) in [5.74, 6) is 0. The zero-order valence-corrected chi connectivity index (χ0v) is 16.1. The largest absolute Gasteiger partial charge is 0.394 e. The third-order valence-electron chi connectivity index (χ3n) is 4.63. The standard InChI is InChI=1S/C21H34O5/c1-3-5-12-23-19-16-25-18(14-22)20(21(19)24-13-6-4-2)26-15-17-10-8-7-9-11-17/h7-11,18-22H,3-6,12-16H2,1-2H3/t18-,19+,20-,21-/m1/s1. The molecule has 0 aromatic heterocycles. The Morgan fingerprint density at radius 3 is 2.31 bits per heavy atom. The quantitative estimate of drug-likeness (QED) is 0.575. The number of unbranched alkanes of at least 4 members (excludes halogenated alkanes) is 2. The lowest BCUT2D eigenvalue weighted by Gasteiger charge is -2.41. The van der Waals surface area contributed by atoms with Gasteiger partial charge in [-0.25, -0.2) is 0 Å². The molecule has 1 N–H and O–H groups in total. The van der Waals surface area contributed by atoms with E-state index in [9.17, 15) is 5.11 Å². The summed E-state index contributed by atoms with van der Waals surface area (Å²) >= 11 is 0. The van der Waals surface area contributed by atoms with Crippen LogP contribution in [0.2, 0.25) is 0 Å².